The normalized spacial score (nSPS) is 9.28. The molecule has 0 saturated carbocycles. The molecule has 0 heterocycles. The number of methoxy groups -OCH3 is 4. The second kappa shape index (κ2) is 10.7. The molecule has 25 heavy (non-hydrogen) atoms. The number of benzene rings is 2. The monoisotopic (exact) mass is 346 g/mol. The van der Waals surface area contributed by atoms with Crippen LogP contribution in [-0.2, 0) is 20.7 Å². The third-order valence-electron chi connectivity index (χ3n) is 3.25. The Kier molecular flexibility index (Phi) is 8.57. The van der Waals surface area contributed by atoms with E-state index in [2.05, 4.69) is 9.47 Å². The first kappa shape index (κ1) is 20.0. The van der Waals surface area contributed by atoms with Crippen LogP contribution < -0.4 is 9.47 Å². The van der Waals surface area contributed by atoms with Crippen LogP contribution in [0, 0.1) is 0 Å². The Bertz CT molecular complexity index is 661. The summed E-state index contributed by atoms with van der Waals surface area (Å²) in [6.45, 7) is 0. The maximum Gasteiger partial charge on any atom is 0.337 e. The van der Waals surface area contributed by atoms with Gasteiger partial charge in [0.2, 0.25) is 0 Å². The lowest BCUT2D eigenvalue weighted by molar-refractivity contribution is -0.139. The van der Waals surface area contributed by atoms with Gasteiger partial charge in [-0.15, -0.1) is 0 Å². The van der Waals surface area contributed by atoms with E-state index in [1.807, 2.05) is 24.3 Å². The largest absolute Gasteiger partial charge is 0.497 e. The van der Waals surface area contributed by atoms with E-state index in [0.29, 0.717) is 12.0 Å². The lowest BCUT2D eigenvalue weighted by Crippen LogP contribution is -2.04. The number of carbonyl (C=O) groups excluding carboxylic acids is 2. The van der Waals surface area contributed by atoms with E-state index in [4.69, 9.17) is 9.47 Å². The van der Waals surface area contributed by atoms with Crippen molar-refractivity contribution in [1.82, 2.24) is 0 Å². The molecule has 2 aromatic carbocycles. The predicted octanol–water partition coefficient (Wildman–Crippen LogP) is 2.89. The molecule has 2 rings (SSSR count). The Labute approximate surface area is 147 Å². The summed E-state index contributed by atoms with van der Waals surface area (Å²) in [6.07, 6.45) is 0.306. The summed E-state index contributed by atoms with van der Waals surface area (Å²) in [5.41, 5.74) is 1.45. The SMILES string of the molecule is COC(=O)Cc1ccc(OC)cc1.COC(=O)c1ccc(OC)cc1. The van der Waals surface area contributed by atoms with Crippen molar-refractivity contribution < 1.29 is 28.5 Å². The Morgan fingerprint density at radius 1 is 0.720 bits per heavy atom. The van der Waals surface area contributed by atoms with E-state index in [1.165, 1.54) is 14.2 Å². The molecular formula is C19H22O6. The lowest BCUT2D eigenvalue weighted by atomic mass is 10.1. The number of hydrogen-bond donors (Lipinski definition) is 0. The van der Waals surface area contributed by atoms with Crippen molar-refractivity contribution in [2.75, 3.05) is 28.4 Å². The van der Waals surface area contributed by atoms with E-state index in [1.54, 1.807) is 38.5 Å². The zero-order chi connectivity index (χ0) is 18.7. The molecule has 0 unspecified atom stereocenters. The van der Waals surface area contributed by atoms with Crippen molar-refractivity contribution in [1.29, 1.82) is 0 Å². The van der Waals surface area contributed by atoms with Gasteiger partial charge in [-0.1, -0.05) is 12.1 Å². The molecule has 2 aromatic rings. The van der Waals surface area contributed by atoms with Crippen LogP contribution in [0.1, 0.15) is 15.9 Å². The summed E-state index contributed by atoms with van der Waals surface area (Å²) in [5.74, 6) is 0.944. The van der Waals surface area contributed by atoms with Crippen molar-refractivity contribution >= 4 is 11.9 Å². The second-order valence-corrected chi connectivity index (χ2v) is 4.82. The van der Waals surface area contributed by atoms with Gasteiger partial charge in [0.15, 0.2) is 0 Å². The molecule has 0 aliphatic rings. The Balaban J connectivity index is 0.000000251. The third kappa shape index (κ3) is 6.95. The Morgan fingerprint density at radius 3 is 1.60 bits per heavy atom. The third-order valence-corrected chi connectivity index (χ3v) is 3.25. The highest BCUT2D eigenvalue weighted by atomic mass is 16.5. The molecule has 0 aliphatic carbocycles. The molecule has 0 aliphatic heterocycles. The van der Waals surface area contributed by atoms with Crippen molar-refractivity contribution in [2.24, 2.45) is 0 Å². The summed E-state index contributed by atoms with van der Waals surface area (Å²) >= 11 is 0. The first-order valence-electron chi connectivity index (χ1n) is 7.46. The Hall–Kier alpha value is -3.02. The molecule has 0 atom stereocenters. The number of rotatable bonds is 5. The summed E-state index contributed by atoms with van der Waals surface area (Å²) in [4.78, 5) is 21.8. The highest BCUT2D eigenvalue weighted by Crippen LogP contribution is 2.12. The number of hydrogen-bond acceptors (Lipinski definition) is 6. The molecule has 6 nitrogen and oxygen atoms in total. The quantitative estimate of drug-likeness (QED) is 0.775. The molecule has 0 radical (unpaired) electrons. The first-order valence-corrected chi connectivity index (χ1v) is 7.46. The van der Waals surface area contributed by atoms with E-state index in [-0.39, 0.29) is 11.9 Å². The fraction of sp³-hybridized carbons (Fsp3) is 0.263. The summed E-state index contributed by atoms with van der Waals surface area (Å²) in [7, 11) is 5.92. The topological polar surface area (TPSA) is 71.1 Å². The lowest BCUT2D eigenvalue weighted by Gasteiger charge is -2.01. The molecule has 134 valence electrons. The molecule has 6 heteroatoms. The van der Waals surface area contributed by atoms with Gasteiger partial charge >= 0.3 is 11.9 Å². The van der Waals surface area contributed by atoms with Gasteiger partial charge in [-0.05, 0) is 42.0 Å². The first-order chi connectivity index (χ1) is 12.0. The molecule has 0 bridgehead atoms. The van der Waals surface area contributed by atoms with Gasteiger partial charge in [0.25, 0.3) is 0 Å². The Morgan fingerprint density at radius 2 is 1.20 bits per heavy atom. The average Bonchev–Trinajstić information content (AvgIpc) is 2.68. The van der Waals surface area contributed by atoms with Crippen LogP contribution in [0.3, 0.4) is 0 Å². The summed E-state index contributed by atoms with van der Waals surface area (Å²) < 4.78 is 19.0. The molecule has 0 amide bonds. The van der Waals surface area contributed by atoms with Crippen LogP contribution in [0.25, 0.3) is 0 Å². The van der Waals surface area contributed by atoms with Crippen LogP contribution in [0.2, 0.25) is 0 Å². The number of esters is 2. The smallest absolute Gasteiger partial charge is 0.337 e. The number of carbonyl (C=O) groups is 2. The summed E-state index contributed by atoms with van der Waals surface area (Å²) in [5, 5.41) is 0. The van der Waals surface area contributed by atoms with Crippen LogP contribution >= 0.6 is 0 Å². The molecule has 0 spiro atoms. The van der Waals surface area contributed by atoms with Crippen LogP contribution in [-0.4, -0.2) is 40.4 Å². The van der Waals surface area contributed by atoms with Gasteiger partial charge in [-0.2, -0.15) is 0 Å². The van der Waals surface area contributed by atoms with Gasteiger partial charge < -0.3 is 18.9 Å². The number of ether oxygens (including phenoxy) is 4. The fourth-order valence-electron chi connectivity index (χ4n) is 1.83. The second-order valence-electron chi connectivity index (χ2n) is 4.82. The standard InChI is InChI=1S/C10H12O3.C9H10O3/c1-12-9-5-3-8(4-6-9)7-10(11)13-2;1-11-8-5-3-7(4-6-8)9(10)12-2/h3-6H,7H2,1-2H3;3-6H,1-2H3. The van der Waals surface area contributed by atoms with Gasteiger partial charge in [-0.3, -0.25) is 4.79 Å². The van der Waals surface area contributed by atoms with Crippen molar-refractivity contribution in [3.63, 3.8) is 0 Å². The van der Waals surface area contributed by atoms with Crippen molar-refractivity contribution in [2.45, 2.75) is 6.42 Å². The maximum absolute atomic E-state index is 11.0. The highest BCUT2D eigenvalue weighted by molar-refractivity contribution is 5.89. The van der Waals surface area contributed by atoms with Gasteiger partial charge in [-0.25, -0.2) is 4.79 Å². The van der Waals surface area contributed by atoms with E-state index in [9.17, 15) is 9.59 Å². The van der Waals surface area contributed by atoms with E-state index < -0.39 is 0 Å². The van der Waals surface area contributed by atoms with Crippen molar-refractivity contribution in [3.05, 3.63) is 59.7 Å². The van der Waals surface area contributed by atoms with Crippen LogP contribution in [0.5, 0.6) is 11.5 Å². The zero-order valence-electron chi connectivity index (χ0n) is 14.8. The molecule has 0 aromatic heterocycles. The van der Waals surface area contributed by atoms with Crippen LogP contribution in [0.15, 0.2) is 48.5 Å². The molecule has 0 saturated heterocycles. The minimum absolute atomic E-state index is 0.231. The molecule has 0 N–H and O–H groups in total. The molecular weight excluding hydrogens is 324 g/mol. The minimum Gasteiger partial charge on any atom is -0.497 e. The molecule has 0 fully saturated rings. The highest BCUT2D eigenvalue weighted by Gasteiger charge is 2.03. The van der Waals surface area contributed by atoms with Gasteiger partial charge in [0.1, 0.15) is 11.5 Å². The maximum atomic E-state index is 11.0. The van der Waals surface area contributed by atoms with E-state index >= 15 is 0 Å². The fourth-order valence-corrected chi connectivity index (χ4v) is 1.83. The van der Waals surface area contributed by atoms with E-state index in [0.717, 1.165) is 17.1 Å². The average molecular weight is 346 g/mol. The summed E-state index contributed by atoms with van der Waals surface area (Å²) in [6, 6.07) is 14.1. The minimum atomic E-state index is -0.336. The van der Waals surface area contributed by atoms with Gasteiger partial charge in [0.05, 0.1) is 40.4 Å². The van der Waals surface area contributed by atoms with Gasteiger partial charge in [0, 0.05) is 0 Å². The predicted molar refractivity (Wildman–Crippen MR) is 93.0 cm³/mol. The van der Waals surface area contributed by atoms with Crippen LogP contribution in [0.4, 0.5) is 0 Å². The zero-order valence-corrected chi connectivity index (χ0v) is 14.8. The van der Waals surface area contributed by atoms with Crippen molar-refractivity contribution in [3.8, 4) is 11.5 Å².